The van der Waals surface area contributed by atoms with Gasteiger partial charge in [0.1, 0.15) is 23.9 Å². The number of alkyl halides is 3. The summed E-state index contributed by atoms with van der Waals surface area (Å²) in [5.74, 6) is 1.25. The Balaban J connectivity index is 1.67. The lowest BCUT2D eigenvalue weighted by Crippen LogP contribution is -2.23. The number of tetrazole rings is 1. The predicted octanol–water partition coefficient (Wildman–Crippen LogP) is 4.56. The lowest BCUT2D eigenvalue weighted by molar-refractivity contribution is -0.137. The van der Waals surface area contributed by atoms with Crippen LogP contribution in [0.3, 0.4) is 0 Å². The van der Waals surface area contributed by atoms with E-state index in [1.165, 1.54) is 33.4 Å². The maximum Gasteiger partial charge on any atom is 0.417 e. The Kier molecular flexibility index (Phi) is 6.73. The molecule has 0 bridgehead atoms. The van der Waals surface area contributed by atoms with Gasteiger partial charge in [0.15, 0.2) is 0 Å². The molecule has 4 rings (SSSR count). The van der Waals surface area contributed by atoms with E-state index in [1.807, 2.05) is 0 Å². The number of hydrogen-bond donors (Lipinski definition) is 0. The molecule has 1 aromatic heterocycles. The number of ether oxygens (including phenoxy) is 3. The molecule has 188 valence electrons. The van der Waals surface area contributed by atoms with Crippen molar-refractivity contribution in [2.75, 3.05) is 14.2 Å². The second-order valence-electron chi connectivity index (χ2n) is 7.93. The van der Waals surface area contributed by atoms with Gasteiger partial charge in [0.25, 0.3) is 0 Å². The number of aryl methyl sites for hydroxylation is 2. The van der Waals surface area contributed by atoms with Crippen LogP contribution in [0.5, 0.6) is 17.2 Å². The molecule has 0 amide bonds. The molecule has 0 fully saturated rings. The van der Waals surface area contributed by atoms with Crippen LogP contribution in [0.25, 0.3) is 16.8 Å². The second-order valence-corrected chi connectivity index (χ2v) is 7.93. The Morgan fingerprint density at radius 2 is 1.72 bits per heavy atom. The zero-order chi connectivity index (χ0) is 26.0. The summed E-state index contributed by atoms with van der Waals surface area (Å²) in [6, 6.07) is 13.6. The first kappa shape index (κ1) is 24.8. The number of nitrogens with zero attached hydrogens (tertiary/aromatic N) is 4. The van der Waals surface area contributed by atoms with E-state index in [0.717, 1.165) is 15.4 Å². The van der Waals surface area contributed by atoms with Gasteiger partial charge < -0.3 is 14.2 Å². The van der Waals surface area contributed by atoms with Crippen LogP contribution in [0, 0.1) is 6.92 Å². The fourth-order valence-corrected chi connectivity index (χ4v) is 3.82. The summed E-state index contributed by atoms with van der Waals surface area (Å²) in [5, 5.41) is 7.63. The van der Waals surface area contributed by atoms with Gasteiger partial charge >= 0.3 is 11.9 Å². The highest BCUT2D eigenvalue weighted by molar-refractivity contribution is 5.71. The molecule has 4 aromatic rings. The van der Waals surface area contributed by atoms with Crippen LogP contribution < -0.4 is 19.9 Å². The van der Waals surface area contributed by atoms with Gasteiger partial charge in [-0.2, -0.15) is 22.5 Å². The lowest BCUT2D eigenvalue weighted by atomic mass is 9.97. The summed E-state index contributed by atoms with van der Waals surface area (Å²) in [7, 11) is 4.38. The third-order valence-electron chi connectivity index (χ3n) is 5.67. The zero-order valence-electron chi connectivity index (χ0n) is 20.0. The van der Waals surface area contributed by atoms with Gasteiger partial charge in [-0.3, -0.25) is 0 Å². The van der Waals surface area contributed by atoms with Crippen molar-refractivity contribution in [3.63, 3.8) is 0 Å². The summed E-state index contributed by atoms with van der Waals surface area (Å²) >= 11 is 0. The predicted molar refractivity (Wildman–Crippen MR) is 126 cm³/mol. The Labute approximate surface area is 204 Å². The van der Waals surface area contributed by atoms with Crippen molar-refractivity contribution in [3.8, 4) is 34.1 Å². The molecule has 36 heavy (non-hydrogen) atoms. The molecular formula is C25H23F3N4O4. The fourth-order valence-electron chi connectivity index (χ4n) is 3.82. The Morgan fingerprint density at radius 1 is 0.944 bits per heavy atom. The van der Waals surface area contributed by atoms with Crippen LogP contribution in [0.15, 0.2) is 59.4 Å². The topological polar surface area (TPSA) is 80.4 Å². The summed E-state index contributed by atoms with van der Waals surface area (Å²) in [6.07, 6.45) is -4.52. The van der Waals surface area contributed by atoms with Crippen molar-refractivity contribution in [2.24, 2.45) is 7.05 Å². The SMILES string of the molecule is COc1ccc(C(F)(F)F)c(-c2ccc(OCc3c(OC)cccc3-n3nnn(C)c3=O)c(C)c2)c1. The lowest BCUT2D eigenvalue weighted by Gasteiger charge is -2.17. The van der Waals surface area contributed by atoms with Crippen LogP contribution in [-0.4, -0.2) is 34.0 Å². The molecule has 8 nitrogen and oxygen atoms in total. The quantitative estimate of drug-likeness (QED) is 0.370. The van der Waals surface area contributed by atoms with Crippen molar-refractivity contribution in [1.82, 2.24) is 19.8 Å². The van der Waals surface area contributed by atoms with Crippen molar-refractivity contribution in [2.45, 2.75) is 19.7 Å². The van der Waals surface area contributed by atoms with E-state index in [1.54, 1.807) is 43.3 Å². The molecule has 0 aliphatic heterocycles. The molecule has 11 heteroatoms. The number of halogens is 3. The highest BCUT2D eigenvalue weighted by Gasteiger charge is 2.34. The summed E-state index contributed by atoms with van der Waals surface area (Å²) < 4.78 is 59.7. The molecule has 0 saturated carbocycles. The third kappa shape index (κ3) is 4.77. The normalized spacial score (nSPS) is 11.4. The van der Waals surface area contributed by atoms with Gasteiger partial charge in [-0.15, -0.1) is 0 Å². The van der Waals surface area contributed by atoms with Gasteiger partial charge in [0, 0.05) is 7.05 Å². The molecule has 0 atom stereocenters. The maximum atomic E-state index is 13.6. The van der Waals surface area contributed by atoms with Crippen LogP contribution >= 0.6 is 0 Å². The fraction of sp³-hybridized carbons (Fsp3) is 0.240. The van der Waals surface area contributed by atoms with E-state index in [-0.39, 0.29) is 12.2 Å². The molecular weight excluding hydrogens is 477 g/mol. The minimum atomic E-state index is -4.52. The van der Waals surface area contributed by atoms with Gasteiger partial charge in [-0.05, 0) is 76.5 Å². The molecule has 0 spiro atoms. The third-order valence-corrected chi connectivity index (χ3v) is 5.67. The highest BCUT2D eigenvalue weighted by Crippen LogP contribution is 2.40. The number of hydrogen-bond acceptors (Lipinski definition) is 6. The molecule has 0 unspecified atom stereocenters. The number of rotatable bonds is 7. The van der Waals surface area contributed by atoms with Crippen LogP contribution in [-0.2, 0) is 19.8 Å². The van der Waals surface area contributed by atoms with Gasteiger partial charge in [-0.25, -0.2) is 4.79 Å². The molecule has 3 aromatic carbocycles. The standard InChI is InChI=1S/C25H23F3N4O4/c1-15-12-16(18-13-17(34-3)9-10-20(18)25(26,27)28)8-11-22(15)36-14-19-21(6-5-7-23(19)35-4)32-24(33)31(2)29-30-32/h5-13H,14H2,1-4H3. The monoisotopic (exact) mass is 500 g/mol. The van der Waals surface area contributed by atoms with E-state index < -0.39 is 17.4 Å². The summed E-state index contributed by atoms with van der Waals surface area (Å²) in [4.78, 5) is 12.4. The van der Waals surface area contributed by atoms with Gasteiger partial charge in [0.05, 0.1) is 31.0 Å². The Morgan fingerprint density at radius 3 is 2.33 bits per heavy atom. The van der Waals surface area contributed by atoms with Crippen molar-refractivity contribution < 1.29 is 27.4 Å². The highest BCUT2D eigenvalue weighted by atomic mass is 19.4. The largest absolute Gasteiger partial charge is 0.497 e. The van der Waals surface area contributed by atoms with Crippen LogP contribution in [0.1, 0.15) is 16.7 Å². The molecule has 1 heterocycles. The Hall–Kier alpha value is -4.28. The van der Waals surface area contributed by atoms with Crippen molar-refractivity contribution >= 4 is 0 Å². The number of aromatic nitrogens is 4. The Bertz CT molecular complexity index is 1460. The average molecular weight is 500 g/mol. The average Bonchev–Trinajstić information content (AvgIpc) is 3.19. The molecule has 0 radical (unpaired) electrons. The number of methoxy groups -OCH3 is 2. The smallest absolute Gasteiger partial charge is 0.417 e. The van der Waals surface area contributed by atoms with Gasteiger partial charge in [0.2, 0.25) is 0 Å². The summed E-state index contributed by atoms with van der Waals surface area (Å²) in [5.41, 5.74) is 0.789. The van der Waals surface area contributed by atoms with Gasteiger partial charge in [-0.1, -0.05) is 12.1 Å². The molecule has 0 saturated heterocycles. The first-order valence-corrected chi connectivity index (χ1v) is 10.8. The van der Waals surface area contributed by atoms with E-state index in [2.05, 4.69) is 10.4 Å². The van der Waals surface area contributed by atoms with E-state index in [9.17, 15) is 18.0 Å². The molecule has 0 aliphatic carbocycles. The maximum absolute atomic E-state index is 13.6. The van der Waals surface area contributed by atoms with Crippen molar-refractivity contribution in [1.29, 1.82) is 0 Å². The minimum absolute atomic E-state index is 0.00513. The van der Waals surface area contributed by atoms with E-state index in [0.29, 0.717) is 39.6 Å². The van der Waals surface area contributed by atoms with E-state index in [4.69, 9.17) is 14.2 Å². The van der Waals surface area contributed by atoms with Crippen molar-refractivity contribution in [3.05, 3.63) is 81.8 Å². The number of benzene rings is 3. The van der Waals surface area contributed by atoms with Crippen LogP contribution in [0.2, 0.25) is 0 Å². The minimum Gasteiger partial charge on any atom is -0.497 e. The summed E-state index contributed by atoms with van der Waals surface area (Å²) in [6.45, 7) is 1.75. The van der Waals surface area contributed by atoms with E-state index >= 15 is 0 Å². The van der Waals surface area contributed by atoms with Crippen LogP contribution in [0.4, 0.5) is 13.2 Å². The zero-order valence-corrected chi connectivity index (χ0v) is 20.0. The molecule has 0 aliphatic rings. The molecule has 0 N–H and O–H groups in total. The second kappa shape index (κ2) is 9.76. The first-order valence-electron chi connectivity index (χ1n) is 10.8. The first-order chi connectivity index (χ1) is 17.1.